The molecular weight excluding hydrogens is 400 g/mol. The van der Waals surface area contributed by atoms with Crippen LogP contribution in [0.2, 0.25) is 0 Å². The number of sulfonamides is 1. The van der Waals surface area contributed by atoms with Gasteiger partial charge in [-0.25, -0.2) is 17.2 Å². The van der Waals surface area contributed by atoms with E-state index in [-0.39, 0.29) is 16.9 Å². The minimum Gasteiger partial charge on any atom is -0.457 e. The molecule has 0 bridgehead atoms. The highest BCUT2D eigenvalue weighted by Crippen LogP contribution is 2.23. The van der Waals surface area contributed by atoms with Crippen LogP contribution in [-0.4, -0.2) is 31.8 Å². The van der Waals surface area contributed by atoms with Crippen LogP contribution in [0.3, 0.4) is 0 Å². The Morgan fingerprint density at radius 2 is 1.72 bits per heavy atom. The number of rotatable bonds is 6. The van der Waals surface area contributed by atoms with Gasteiger partial charge in [-0.3, -0.25) is 4.79 Å². The summed E-state index contributed by atoms with van der Waals surface area (Å²) in [5.74, 6) is -1.89. The summed E-state index contributed by atoms with van der Waals surface area (Å²) in [5.41, 5.74) is 0.529. The first-order chi connectivity index (χ1) is 13.8. The van der Waals surface area contributed by atoms with Gasteiger partial charge < -0.3 is 4.74 Å². The summed E-state index contributed by atoms with van der Waals surface area (Å²) in [6, 6.07) is 9.04. The molecule has 2 aromatic rings. The summed E-state index contributed by atoms with van der Waals surface area (Å²) in [4.78, 5) is 12.3. The minimum absolute atomic E-state index is 0.0404. The molecule has 1 unspecified atom stereocenters. The van der Waals surface area contributed by atoms with Crippen LogP contribution in [0.1, 0.15) is 43.4 Å². The Morgan fingerprint density at radius 3 is 2.38 bits per heavy atom. The third kappa shape index (κ3) is 5.19. The quantitative estimate of drug-likeness (QED) is 0.659. The molecule has 1 aliphatic rings. The maximum atomic E-state index is 13.8. The van der Waals surface area contributed by atoms with E-state index in [4.69, 9.17) is 4.74 Å². The van der Waals surface area contributed by atoms with Crippen molar-refractivity contribution in [1.29, 1.82) is 0 Å². The highest BCUT2D eigenvalue weighted by molar-refractivity contribution is 7.89. The molecule has 0 radical (unpaired) electrons. The van der Waals surface area contributed by atoms with Crippen molar-refractivity contribution in [2.75, 3.05) is 13.1 Å². The molecule has 156 valence electrons. The summed E-state index contributed by atoms with van der Waals surface area (Å²) in [7, 11) is -3.53. The standard InChI is InChI=1S/C21H23F2NO4S/c1-15(19-14-17(22)7-10-20(19)23)28-21(25)13-16-5-8-18(9-6-16)29(26,27)24-11-3-2-4-12-24/h5-10,14-15H,2-4,11-13H2,1H3. The second-order valence-corrected chi connectivity index (χ2v) is 9.02. The SMILES string of the molecule is CC(OC(=O)Cc1ccc(S(=O)(=O)N2CCCCC2)cc1)c1cc(F)ccc1F. The lowest BCUT2D eigenvalue weighted by atomic mass is 10.1. The minimum atomic E-state index is -3.53. The van der Waals surface area contributed by atoms with E-state index in [1.165, 1.54) is 23.4 Å². The van der Waals surface area contributed by atoms with E-state index < -0.39 is 33.7 Å². The molecule has 1 saturated heterocycles. The number of piperidine rings is 1. The summed E-state index contributed by atoms with van der Waals surface area (Å²) in [6.07, 6.45) is 1.69. The molecule has 1 heterocycles. The van der Waals surface area contributed by atoms with Crippen molar-refractivity contribution < 1.29 is 26.7 Å². The predicted octanol–water partition coefficient (Wildman–Crippen LogP) is 3.99. The zero-order chi connectivity index (χ0) is 21.0. The molecule has 0 spiro atoms. The van der Waals surface area contributed by atoms with Gasteiger partial charge in [0.05, 0.1) is 11.3 Å². The number of hydrogen-bond donors (Lipinski definition) is 0. The van der Waals surface area contributed by atoms with Gasteiger partial charge in [0.25, 0.3) is 0 Å². The van der Waals surface area contributed by atoms with E-state index >= 15 is 0 Å². The first-order valence-corrected chi connectivity index (χ1v) is 10.9. The summed E-state index contributed by atoms with van der Waals surface area (Å²) >= 11 is 0. The van der Waals surface area contributed by atoms with Crippen LogP contribution in [0.15, 0.2) is 47.4 Å². The van der Waals surface area contributed by atoms with Crippen molar-refractivity contribution in [3.63, 3.8) is 0 Å². The number of benzene rings is 2. The maximum Gasteiger partial charge on any atom is 0.310 e. The van der Waals surface area contributed by atoms with Crippen LogP contribution in [0.4, 0.5) is 8.78 Å². The van der Waals surface area contributed by atoms with Crippen molar-refractivity contribution in [1.82, 2.24) is 4.31 Å². The lowest BCUT2D eigenvalue weighted by Crippen LogP contribution is -2.35. The number of carbonyl (C=O) groups excluding carboxylic acids is 1. The number of ether oxygens (including phenoxy) is 1. The molecule has 0 amide bonds. The Labute approximate surface area is 169 Å². The Bertz CT molecular complexity index is 971. The fraction of sp³-hybridized carbons (Fsp3) is 0.381. The average molecular weight is 423 g/mol. The Balaban J connectivity index is 1.63. The van der Waals surface area contributed by atoms with Gasteiger partial charge in [-0.2, -0.15) is 4.31 Å². The molecule has 1 aliphatic heterocycles. The topological polar surface area (TPSA) is 63.7 Å². The van der Waals surface area contributed by atoms with Gasteiger partial charge in [-0.1, -0.05) is 18.6 Å². The molecule has 0 saturated carbocycles. The number of esters is 1. The maximum absolute atomic E-state index is 13.8. The normalized spacial score (nSPS) is 16.4. The monoisotopic (exact) mass is 423 g/mol. The summed E-state index contributed by atoms with van der Waals surface area (Å²) in [5, 5.41) is 0. The number of carbonyl (C=O) groups is 1. The molecule has 5 nitrogen and oxygen atoms in total. The van der Waals surface area contributed by atoms with Crippen molar-refractivity contribution in [3.8, 4) is 0 Å². The van der Waals surface area contributed by atoms with Crippen molar-refractivity contribution in [2.45, 2.75) is 43.6 Å². The highest BCUT2D eigenvalue weighted by atomic mass is 32.2. The largest absolute Gasteiger partial charge is 0.457 e. The Hall–Kier alpha value is -2.32. The van der Waals surface area contributed by atoms with Crippen molar-refractivity contribution in [3.05, 3.63) is 65.2 Å². The summed E-state index contributed by atoms with van der Waals surface area (Å²) < 4.78 is 59.1. The lowest BCUT2D eigenvalue weighted by Gasteiger charge is -2.25. The van der Waals surface area contributed by atoms with Crippen molar-refractivity contribution >= 4 is 16.0 Å². The summed E-state index contributed by atoms with van der Waals surface area (Å²) in [6.45, 7) is 2.50. The van der Waals surface area contributed by atoms with E-state index in [2.05, 4.69) is 0 Å². The Morgan fingerprint density at radius 1 is 1.07 bits per heavy atom. The van der Waals surface area contributed by atoms with Gasteiger partial charge >= 0.3 is 5.97 Å². The van der Waals surface area contributed by atoms with E-state index in [1.807, 2.05) is 0 Å². The molecule has 0 N–H and O–H groups in total. The van der Waals surface area contributed by atoms with Crippen LogP contribution in [0.5, 0.6) is 0 Å². The first-order valence-electron chi connectivity index (χ1n) is 9.51. The van der Waals surface area contributed by atoms with Crippen molar-refractivity contribution in [2.24, 2.45) is 0 Å². The average Bonchev–Trinajstić information content (AvgIpc) is 2.70. The van der Waals surface area contributed by atoms with E-state index in [1.54, 1.807) is 12.1 Å². The number of nitrogens with zero attached hydrogens (tertiary/aromatic N) is 1. The van der Waals surface area contributed by atoms with E-state index in [9.17, 15) is 22.0 Å². The predicted molar refractivity (Wildman–Crippen MR) is 104 cm³/mol. The zero-order valence-electron chi connectivity index (χ0n) is 16.1. The number of halogens is 2. The van der Waals surface area contributed by atoms with Crippen LogP contribution in [0.25, 0.3) is 0 Å². The molecule has 0 aliphatic carbocycles. The smallest absolute Gasteiger partial charge is 0.310 e. The second kappa shape index (κ2) is 9.00. The van der Waals surface area contributed by atoms with Crippen LogP contribution in [-0.2, 0) is 26.0 Å². The van der Waals surface area contributed by atoms with E-state index in [0.29, 0.717) is 18.7 Å². The molecular formula is C21H23F2NO4S. The fourth-order valence-corrected chi connectivity index (χ4v) is 4.85. The van der Waals surface area contributed by atoms with Crippen LogP contribution >= 0.6 is 0 Å². The fourth-order valence-electron chi connectivity index (χ4n) is 3.33. The van der Waals surface area contributed by atoms with Gasteiger partial charge in [0.15, 0.2) is 0 Å². The molecule has 0 aromatic heterocycles. The zero-order valence-corrected chi connectivity index (χ0v) is 16.9. The Kier molecular flexibility index (Phi) is 6.64. The highest BCUT2D eigenvalue weighted by Gasteiger charge is 2.26. The van der Waals surface area contributed by atoms with Gasteiger partial charge in [0.1, 0.15) is 17.7 Å². The molecule has 29 heavy (non-hydrogen) atoms. The molecule has 1 fully saturated rings. The third-order valence-corrected chi connectivity index (χ3v) is 6.84. The lowest BCUT2D eigenvalue weighted by molar-refractivity contribution is -0.147. The first kappa shape index (κ1) is 21.4. The van der Waals surface area contributed by atoms with Gasteiger partial charge in [0.2, 0.25) is 10.0 Å². The molecule has 1 atom stereocenters. The van der Waals surface area contributed by atoms with Gasteiger partial charge in [0, 0.05) is 18.7 Å². The second-order valence-electron chi connectivity index (χ2n) is 7.08. The molecule has 2 aromatic carbocycles. The molecule has 3 rings (SSSR count). The number of hydrogen-bond acceptors (Lipinski definition) is 4. The van der Waals surface area contributed by atoms with Gasteiger partial charge in [-0.15, -0.1) is 0 Å². The van der Waals surface area contributed by atoms with E-state index in [0.717, 1.165) is 37.5 Å². The molecule has 8 heteroatoms. The van der Waals surface area contributed by atoms with Gasteiger partial charge in [-0.05, 0) is 55.7 Å². The third-order valence-electron chi connectivity index (χ3n) is 4.93. The van der Waals surface area contributed by atoms with Crippen LogP contribution in [0, 0.1) is 11.6 Å². The van der Waals surface area contributed by atoms with Crippen LogP contribution < -0.4 is 0 Å².